The first kappa shape index (κ1) is 12.7. The number of halogens is 1. The van der Waals surface area contributed by atoms with Gasteiger partial charge in [-0.15, -0.1) is 0 Å². The first-order valence-corrected chi connectivity index (χ1v) is 5.21. The molecule has 0 radical (unpaired) electrons. The van der Waals surface area contributed by atoms with Gasteiger partial charge < -0.3 is 11.1 Å². The molecular weight excluding hydrogens is 232 g/mol. The first-order valence-electron chi connectivity index (χ1n) is 4.84. The van der Waals surface area contributed by atoms with Crippen LogP contribution in [0.15, 0.2) is 12.3 Å². The van der Waals surface area contributed by atoms with Gasteiger partial charge in [-0.1, -0.05) is 18.5 Å². The van der Waals surface area contributed by atoms with Crippen LogP contribution in [0.3, 0.4) is 0 Å². The molecule has 1 rings (SSSR count). The van der Waals surface area contributed by atoms with Gasteiger partial charge in [-0.3, -0.25) is 10.1 Å². The predicted octanol–water partition coefficient (Wildman–Crippen LogP) is 1.79. The molecule has 1 unspecified atom stereocenters. The van der Waals surface area contributed by atoms with E-state index in [0.717, 1.165) is 12.6 Å². The molecular formula is C9H13ClN4O2. The summed E-state index contributed by atoms with van der Waals surface area (Å²) in [5.41, 5.74) is 5.58. The molecule has 0 aliphatic heterocycles. The summed E-state index contributed by atoms with van der Waals surface area (Å²) in [5, 5.41) is 13.6. The summed E-state index contributed by atoms with van der Waals surface area (Å²) in [6.07, 6.45) is 1.99. The molecule has 7 heteroatoms. The summed E-state index contributed by atoms with van der Waals surface area (Å²) in [4.78, 5) is 13.8. The highest BCUT2D eigenvalue weighted by Gasteiger charge is 2.11. The average Bonchev–Trinajstić information content (AvgIpc) is 2.26. The quantitative estimate of drug-likeness (QED) is 0.608. The van der Waals surface area contributed by atoms with E-state index in [1.54, 1.807) is 0 Å². The van der Waals surface area contributed by atoms with Gasteiger partial charge in [-0.2, -0.15) is 0 Å². The van der Waals surface area contributed by atoms with Crippen molar-refractivity contribution in [2.75, 3.05) is 11.9 Å². The molecule has 0 aliphatic carbocycles. The Bertz CT molecular complexity index is 386. The number of hydrogen-bond donors (Lipinski definition) is 2. The second-order valence-corrected chi connectivity index (χ2v) is 3.74. The molecule has 0 amide bonds. The van der Waals surface area contributed by atoms with Crippen molar-refractivity contribution in [2.24, 2.45) is 5.73 Å². The Kier molecular flexibility index (Phi) is 4.45. The van der Waals surface area contributed by atoms with Crippen molar-refractivity contribution in [3.63, 3.8) is 0 Å². The Morgan fingerprint density at radius 3 is 2.94 bits per heavy atom. The van der Waals surface area contributed by atoms with Crippen molar-refractivity contribution in [2.45, 2.75) is 19.4 Å². The van der Waals surface area contributed by atoms with E-state index in [2.05, 4.69) is 10.3 Å². The molecule has 3 N–H and O–H groups in total. The van der Waals surface area contributed by atoms with Gasteiger partial charge in [0, 0.05) is 18.7 Å². The highest BCUT2D eigenvalue weighted by molar-refractivity contribution is 6.33. The molecule has 0 spiro atoms. The van der Waals surface area contributed by atoms with Gasteiger partial charge >= 0.3 is 0 Å². The lowest BCUT2D eigenvalue weighted by Crippen LogP contribution is -2.28. The lowest BCUT2D eigenvalue weighted by molar-refractivity contribution is -0.385. The molecule has 0 fully saturated rings. The zero-order valence-corrected chi connectivity index (χ0v) is 9.57. The smallest absolute Gasteiger partial charge is 0.289 e. The Morgan fingerprint density at radius 1 is 1.75 bits per heavy atom. The van der Waals surface area contributed by atoms with Crippen LogP contribution in [0, 0.1) is 10.1 Å². The van der Waals surface area contributed by atoms with Crippen molar-refractivity contribution in [1.29, 1.82) is 0 Å². The first-order chi connectivity index (χ1) is 7.54. The second kappa shape index (κ2) is 5.62. The molecule has 88 valence electrons. The summed E-state index contributed by atoms with van der Waals surface area (Å²) in [6.45, 7) is 2.50. The number of aromatic nitrogens is 1. The van der Waals surface area contributed by atoms with Gasteiger partial charge in [0.05, 0.1) is 9.95 Å². The minimum Gasteiger partial charge on any atom is -0.367 e. The summed E-state index contributed by atoms with van der Waals surface area (Å²) in [7, 11) is 0. The van der Waals surface area contributed by atoms with Crippen LogP contribution in [0.25, 0.3) is 0 Å². The molecule has 1 aromatic rings. The molecule has 0 aromatic carbocycles. The van der Waals surface area contributed by atoms with Crippen LogP contribution >= 0.6 is 11.6 Å². The average molecular weight is 245 g/mol. The highest BCUT2D eigenvalue weighted by atomic mass is 35.5. The molecule has 0 aliphatic rings. The lowest BCUT2D eigenvalue weighted by atomic mass is 10.2. The number of nitrogens with one attached hydrogen (secondary N) is 1. The zero-order chi connectivity index (χ0) is 12.1. The summed E-state index contributed by atoms with van der Waals surface area (Å²) in [6, 6.07) is 1.27. The number of nitro groups is 1. The fourth-order valence-electron chi connectivity index (χ4n) is 1.03. The van der Waals surface area contributed by atoms with Crippen LogP contribution < -0.4 is 11.1 Å². The van der Waals surface area contributed by atoms with Crippen molar-refractivity contribution in [3.8, 4) is 0 Å². The van der Waals surface area contributed by atoms with Crippen LogP contribution in [0.5, 0.6) is 0 Å². The third-order valence-corrected chi connectivity index (χ3v) is 2.38. The molecule has 1 heterocycles. The Morgan fingerprint density at radius 2 is 2.44 bits per heavy atom. The van der Waals surface area contributed by atoms with Crippen LogP contribution in [-0.2, 0) is 0 Å². The number of anilines is 1. The van der Waals surface area contributed by atoms with Gasteiger partial charge in [-0.25, -0.2) is 4.98 Å². The van der Waals surface area contributed by atoms with Crippen molar-refractivity contribution in [1.82, 2.24) is 4.98 Å². The summed E-state index contributed by atoms with van der Waals surface area (Å²) < 4.78 is 0. The number of hydrogen-bond acceptors (Lipinski definition) is 5. The fourth-order valence-corrected chi connectivity index (χ4v) is 1.26. The van der Waals surface area contributed by atoms with E-state index in [1.807, 2.05) is 6.92 Å². The van der Waals surface area contributed by atoms with Crippen molar-refractivity contribution < 1.29 is 4.92 Å². The van der Waals surface area contributed by atoms with Crippen LogP contribution in [0.2, 0.25) is 5.02 Å². The number of pyridine rings is 1. The molecule has 0 saturated heterocycles. The maximum absolute atomic E-state index is 10.4. The summed E-state index contributed by atoms with van der Waals surface area (Å²) >= 11 is 5.83. The van der Waals surface area contributed by atoms with E-state index >= 15 is 0 Å². The molecule has 0 saturated carbocycles. The predicted molar refractivity (Wildman–Crippen MR) is 62.7 cm³/mol. The van der Waals surface area contributed by atoms with Crippen molar-refractivity contribution in [3.05, 3.63) is 27.4 Å². The van der Waals surface area contributed by atoms with E-state index < -0.39 is 4.92 Å². The largest absolute Gasteiger partial charge is 0.367 e. The standard InChI is InChI=1S/C9H13ClN4O2/c1-2-6(11)4-12-9-8(10)3-7(5-13-9)14(15)16/h3,5-6H,2,4,11H2,1H3,(H,12,13). The summed E-state index contributed by atoms with van der Waals surface area (Å²) in [5.74, 6) is 0.413. The molecule has 1 atom stereocenters. The molecule has 6 nitrogen and oxygen atoms in total. The minimum atomic E-state index is -0.541. The van der Waals surface area contributed by atoms with Gasteiger partial charge in [0.1, 0.15) is 12.0 Å². The monoisotopic (exact) mass is 244 g/mol. The Balaban J connectivity index is 2.72. The van der Waals surface area contributed by atoms with Crippen LogP contribution in [0.1, 0.15) is 13.3 Å². The van der Waals surface area contributed by atoms with E-state index in [0.29, 0.717) is 12.4 Å². The fraction of sp³-hybridized carbons (Fsp3) is 0.444. The second-order valence-electron chi connectivity index (χ2n) is 3.33. The van der Waals surface area contributed by atoms with Gasteiger partial charge in [0.15, 0.2) is 0 Å². The third-order valence-electron chi connectivity index (χ3n) is 2.09. The third kappa shape index (κ3) is 3.32. The lowest BCUT2D eigenvalue weighted by Gasteiger charge is -2.11. The SMILES string of the molecule is CCC(N)CNc1ncc([N+](=O)[O-])cc1Cl. The molecule has 1 aromatic heterocycles. The Hall–Kier alpha value is -1.40. The van der Waals surface area contributed by atoms with Crippen LogP contribution in [-0.4, -0.2) is 22.5 Å². The van der Waals surface area contributed by atoms with Gasteiger partial charge in [0.25, 0.3) is 5.69 Å². The topological polar surface area (TPSA) is 94.1 Å². The van der Waals surface area contributed by atoms with E-state index in [4.69, 9.17) is 17.3 Å². The maximum Gasteiger partial charge on any atom is 0.289 e. The van der Waals surface area contributed by atoms with Gasteiger partial charge in [-0.05, 0) is 6.42 Å². The normalized spacial score (nSPS) is 12.2. The van der Waals surface area contributed by atoms with Crippen molar-refractivity contribution >= 4 is 23.1 Å². The Labute approximate surface area is 98.0 Å². The maximum atomic E-state index is 10.4. The van der Waals surface area contributed by atoms with E-state index in [-0.39, 0.29) is 16.8 Å². The molecule has 16 heavy (non-hydrogen) atoms. The zero-order valence-electron chi connectivity index (χ0n) is 8.81. The number of rotatable bonds is 5. The number of nitrogens with zero attached hydrogens (tertiary/aromatic N) is 2. The van der Waals surface area contributed by atoms with Crippen LogP contribution in [0.4, 0.5) is 11.5 Å². The number of nitrogens with two attached hydrogens (primary N) is 1. The van der Waals surface area contributed by atoms with Gasteiger partial charge in [0.2, 0.25) is 0 Å². The molecule has 0 bridgehead atoms. The minimum absolute atomic E-state index is 0.00746. The highest BCUT2D eigenvalue weighted by Crippen LogP contribution is 2.23. The van der Waals surface area contributed by atoms with E-state index in [9.17, 15) is 10.1 Å². The van der Waals surface area contributed by atoms with E-state index in [1.165, 1.54) is 6.07 Å².